The maximum absolute atomic E-state index is 2.41. The molecular weight excluding hydrogens is 326 g/mol. The van der Waals surface area contributed by atoms with E-state index in [0.717, 1.165) is 0 Å². The maximum atomic E-state index is 2.41. The van der Waals surface area contributed by atoms with E-state index in [1.165, 1.54) is 140 Å². The molecule has 0 bridgehead atoms. The Hall–Kier alpha value is 0.250. The zero-order chi connectivity index (χ0) is 17.3. The van der Waals surface area contributed by atoms with Crippen LogP contribution in [0, 0.1) is 0 Å². The summed E-state index contributed by atoms with van der Waals surface area (Å²) in [6, 6.07) is 0. The van der Waals surface area contributed by atoms with Crippen LogP contribution < -0.4 is 12.4 Å². The number of piperidine rings is 1. The Kier molecular flexibility index (Phi) is 17.8. The van der Waals surface area contributed by atoms with Crippen molar-refractivity contribution in [3.63, 3.8) is 0 Å². The second kappa shape index (κ2) is 17.7. The molecule has 1 aliphatic rings. The molecule has 0 amide bonds. The van der Waals surface area contributed by atoms with Crippen LogP contribution in [0.2, 0.25) is 0 Å². The summed E-state index contributed by atoms with van der Waals surface area (Å²) in [7, 11) is 0. The van der Waals surface area contributed by atoms with Crippen LogP contribution >= 0.6 is 0 Å². The van der Waals surface area contributed by atoms with Crippen molar-refractivity contribution in [3.05, 3.63) is 0 Å². The third-order valence-electron chi connectivity index (χ3n) is 6.42. The standard InChI is InChI=1S/C23H48N.ClH/c1-3-5-6-7-8-9-10-11-12-13-14-15-16-18-21-24(4-2)22-19-17-20-23-24;/h3-23H2,1-2H3;1H/q+1;/p-1. The molecule has 0 radical (unpaired) electrons. The number of nitrogens with zero attached hydrogens (tertiary/aromatic N) is 1. The van der Waals surface area contributed by atoms with Crippen LogP contribution in [0.3, 0.4) is 0 Å². The molecule has 152 valence electrons. The van der Waals surface area contributed by atoms with Gasteiger partial charge in [-0.15, -0.1) is 0 Å². The topological polar surface area (TPSA) is 0 Å². The van der Waals surface area contributed by atoms with Crippen molar-refractivity contribution in [3.8, 4) is 0 Å². The van der Waals surface area contributed by atoms with Gasteiger partial charge in [-0.2, -0.15) is 0 Å². The van der Waals surface area contributed by atoms with Crippen LogP contribution in [0.4, 0.5) is 0 Å². The monoisotopic (exact) mass is 373 g/mol. The highest BCUT2D eigenvalue weighted by molar-refractivity contribution is 4.55. The second-order valence-corrected chi connectivity index (χ2v) is 8.49. The fraction of sp³-hybridized carbons (Fsp3) is 1.00. The van der Waals surface area contributed by atoms with Gasteiger partial charge in [0.1, 0.15) is 0 Å². The minimum Gasteiger partial charge on any atom is -1.00 e. The van der Waals surface area contributed by atoms with Crippen molar-refractivity contribution in [1.82, 2.24) is 0 Å². The summed E-state index contributed by atoms with van der Waals surface area (Å²) in [6.45, 7) is 10.5. The van der Waals surface area contributed by atoms with E-state index in [4.69, 9.17) is 0 Å². The largest absolute Gasteiger partial charge is 1.00 e. The zero-order valence-electron chi connectivity index (χ0n) is 17.7. The number of hydrogen-bond acceptors (Lipinski definition) is 0. The van der Waals surface area contributed by atoms with Crippen molar-refractivity contribution < 1.29 is 16.9 Å². The van der Waals surface area contributed by atoms with Crippen LogP contribution in [-0.4, -0.2) is 30.7 Å². The second-order valence-electron chi connectivity index (χ2n) is 8.49. The number of quaternary nitrogens is 1. The molecule has 1 fully saturated rings. The van der Waals surface area contributed by atoms with E-state index in [1.807, 2.05) is 0 Å². The normalized spacial score (nSPS) is 16.6. The van der Waals surface area contributed by atoms with Gasteiger partial charge in [0, 0.05) is 0 Å². The molecule has 0 N–H and O–H groups in total. The van der Waals surface area contributed by atoms with Crippen molar-refractivity contribution >= 4 is 0 Å². The Bertz CT molecular complexity index is 261. The van der Waals surface area contributed by atoms with E-state index in [-0.39, 0.29) is 12.4 Å². The Morgan fingerprint density at radius 2 is 0.920 bits per heavy atom. The third kappa shape index (κ3) is 13.1. The van der Waals surface area contributed by atoms with Crippen molar-refractivity contribution in [2.24, 2.45) is 0 Å². The zero-order valence-corrected chi connectivity index (χ0v) is 18.4. The highest BCUT2D eigenvalue weighted by Gasteiger charge is 2.26. The van der Waals surface area contributed by atoms with Crippen LogP contribution in [-0.2, 0) is 0 Å². The summed E-state index contributed by atoms with van der Waals surface area (Å²) < 4.78 is 1.44. The van der Waals surface area contributed by atoms with E-state index >= 15 is 0 Å². The highest BCUT2D eigenvalue weighted by atomic mass is 35.5. The molecule has 1 rings (SSSR count). The van der Waals surface area contributed by atoms with Gasteiger partial charge in [0.25, 0.3) is 0 Å². The van der Waals surface area contributed by atoms with Gasteiger partial charge in [-0.25, -0.2) is 0 Å². The lowest BCUT2D eigenvalue weighted by Crippen LogP contribution is -3.00. The smallest absolute Gasteiger partial charge is 0.0786 e. The molecule has 0 aliphatic carbocycles. The first-order valence-electron chi connectivity index (χ1n) is 11.7. The first kappa shape index (κ1) is 25.2. The maximum Gasteiger partial charge on any atom is 0.0786 e. The number of halogens is 1. The van der Waals surface area contributed by atoms with Crippen molar-refractivity contribution in [1.29, 1.82) is 0 Å². The summed E-state index contributed by atoms with van der Waals surface area (Å²) in [5.41, 5.74) is 0. The Morgan fingerprint density at radius 3 is 1.32 bits per heavy atom. The molecule has 0 atom stereocenters. The predicted octanol–water partition coefficient (Wildman–Crippen LogP) is 4.49. The molecule has 0 saturated carbocycles. The molecule has 0 aromatic rings. The predicted molar refractivity (Wildman–Crippen MR) is 110 cm³/mol. The van der Waals surface area contributed by atoms with E-state index in [1.54, 1.807) is 0 Å². The summed E-state index contributed by atoms with van der Waals surface area (Å²) in [5.74, 6) is 0. The summed E-state index contributed by atoms with van der Waals surface area (Å²) in [5, 5.41) is 0. The first-order valence-corrected chi connectivity index (χ1v) is 11.7. The molecule has 1 aliphatic heterocycles. The number of rotatable bonds is 16. The fourth-order valence-electron chi connectivity index (χ4n) is 4.52. The van der Waals surface area contributed by atoms with Gasteiger partial charge >= 0.3 is 0 Å². The fourth-order valence-corrected chi connectivity index (χ4v) is 4.52. The Morgan fingerprint density at radius 1 is 0.520 bits per heavy atom. The number of likely N-dealkylation sites (tertiary alicyclic amines) is 1. The van der Waals surface area contributed by atoms with Gasteiger partial charge < -0.3 is 16.9 Å². The molecule has 0 aromatic carbocycles. The van der Waals surface area contributed by atoms with Gasteiger partial charge in [0.15, 0.2) is 0 Å². The number of unbranched alkanes of at least 4 members (excludes halogenated alkanes) is 13. The summed E-state index contributed by atoms with van der Waals surface area (Å²) in [4.78, 5) is 0. The molecule has 2 heteroatoms. The summed E-state index contributed by atoms with van der Waals surface area (Å²) >= 11 is 0. The minimum atomic E-state index is 0. The van der Waals surface area contributed by atoms with Crippen LogP contribution in [0.5, 0.6) is 0 Å². The van der Waals surface area contributed by atoms with Gasteiger partial charge in [0.05, 0.1) is 26.2 Å². The van der Waals surface area contributed by atoms with Gasteiger partial charge in [-0.3, -0.25) is 0 Å². The third-order valence-corrected chi connectivity index (χ3v) is 6.42. The van der Waals surface area contributed by atoms with Crippen LogP contribution in [0.1, 0.15) is 123 Å². The molecule has 1 saturated heterocycles. The Balaban J connectivity index is 0.00000576. The van der Waals surface area contributed by atoms with Crippen LogP contribution in [0.15, 0.2) is 0 Å². The van der Waals surface area contributed by atoms with Gasteiger partial charge in [0.2, 0.25) is 0 Å². The van der Waals surface area contributed by atoms with Crippen LogP contribution in [0.25, 0.3) is 0 Å². The van der Waals surface area contributed by atoms with Crippen molar-refractivity contribution in [2.45, 2.75) is 123 Å². The molecule has 1 nitrogen and oxygen atoms in total. The quantitative estimate of drug-likeness (QED) is 0.276. The SMILES string of the molecule is CCCCCCCCCCCCCCCC[N+]1(CC)CCCCC1.[Cl-]. The van der Waals surface area contributed by atoms with Gasteiger partial charge in [-0.1, -0.05) is 84.0 Å². The summed E-state index contributed by atoms with van der Waals surface area (Å²) in [6.07, 6.45) is 25.1. The molecule has 25 heavy (non-hydrogen) atoms. The molecule has 0 unspecified atom stereocenters. The van der Waals surface area contributed by atoms with E-state index in [9.17, 15) is 0 Å². The lowest BCUT2D eigenvalue weighted by atomic mass is 10.0. The average molecular weight is 374 g/mol. The number of hydrogen-bond donors (Lipinski definition) is 0. The van der Waals surface area contributed by atoms with E-state index < -0.39 is 0 Å². The van der Waals surface area contributed by atoms with Crippen molar-refractivity contribution in [2.75, 3.05) is 26.2 Å². The molecule has 1 heterocycles. The molecule has 0 spiro atoms. The lowest BCUT2D eigenvalue weighted by molar-refractivity contribution is -0.931. The highest BCUT2D eigenvalue weighted by Crippen LogP contribution is 2.20. The van der Waals surface area contributed by atoms with Gasteiger partial charge in [-0.05, 0) is 39.0 Å². The van der Waals surface area contributed by atoms with E-state index in [0.29, 0.717) is 0 Å². The van der Waals surface area contributed by atoms with E-state index in [2.05, 4.69) is 13.8 Å². The Labute approximate surface area is 166 Å². The first-order chi connectivity index (χ1) is 11.8. The molecule has 0 aromatic heterocycles. The average Bonchev–Trinajstić information content (AvgIpc) is 2.63. The molecular formula is C23H48ClN. The lowest BCUT2D eigenvalue weighted by Gasteiger charge is -2.41. The minimum absolute atomic E-state index is 0.